The lowest BCUT2D eigenvalue weighted by atomic mass is 9.96. The number of hydrogen-bond donors (Lipinski definition) is 1. The molecule has 0 saturated heterocycles. The molecule has 2 atom stereocenters. The van der Waals surface area contributed by atoms with Gasteiger partial charge in [-0.1, -0.05) is 18.5 Å². The van der Waals surface area contributed by atoms with Crippen LogP contribution in [-0.2, 0) is 0 Å². The molecule has 3 heteroatoms. The Labute approximate surface area is 89.0 Å². The van der Waals surface area contributed by atoms with Crippen molar-refractivity contribution in [3.63, 3.8) is 0 Å². The van der Waals surface area contributed by atoms with Crippen LogP contribution in [0.2, 0.25) is 5.02 Å². The van der Waals surface area contributed by atoms with Crippen molar-refractivity contribution in [1.29, 1.82) is 0 Å². The maximum absolute atomic E-state index is 6.04. The van der Waals surface area contributed by atoms with E-state index in [1.807, 2.05) is 18.2 Å². The highest BCUT2D eigenvalue weighted by Crippen LogP contribution is 2.35. The van der Waals surface area contributed by atoms with E-state index in [2.05, 4.69) is 6.92 Å². The predicted octanol–water partition coefficient (Wildman–Crippen LogP) is 2.90. The lowest BCUT2D eigenvalue weighted by Crippen LogP contribution is -2.28. The first-order valence-electron chi connectivity index (χ1n) is 4.92. The van der Waals surface area contributed by atoms with Crippen molar-refractivity contribution in [1.82, 2.24) is 0 Å². The summed E-state index contributed by atoms with van der Waals surface area (Å²) in [5.41, 5.74) is 7.07. The molecule has 2 N–H and O–H groups in total. The molecule has 76 valence electrons. The van der Waals surface area contributed by atoms with Gasteiger partial charge in [-0.25, -0.2) is 0 Å². The maximum atomic E-state index is 6.04. The maximum Gasteiger partial charge on any atom is 0.124 e. The predicted molar refractivity (Wildman–Crippen MR) is 57.7 cm³/mol. The van der Waals surface area contributed by atoms with Crippen molar-refractivity contribution < 1.29 is 4.74 Å². The smallest absolute Gasteiger partial charge is 0.124 e. The molecule has 0 aromatic heterocycles. The molecule has 0 saturated carbocycles. The highest BCUT2D eigenvalue weighted by molar-refractivity contribution is 6.30. The Morgan fingerprint density at radius 3 is 3.07 bits per heavy atom. The van der Waals surface area contributed by atoms with Crippen molar-refractivity contribution in [2.75, 3.05) is 0 Å². The number of halogens is 1. The minimum atomic E-state index is 0.0578. The minimum absolute atomic E-state index is 0.0578. The van der Waals surface area contributed by atoms with E-state index < -0.39 is 0 Å². The van der Waals surface area contributed by atoms with Crippen molar-refractivity contribution >= 4 is 11.6 Å². The summed E-state index contributed by atoms with van der Waals surface area (Å²) in [4.78, 5) is 0. The first-order chi connectivity index (χ1) is 6.70. The first-order valence-corrected chi connectivity index (χ1v) is 5.30. The molecule has 0 amide bonds. The van der Waals surface area contributed by atoms with Gasteiger partial charge in [0.25, 0.3) is 0 Å². The molecule has 0 spiro atoms. The van der Waals surface area contributed by atoms with Gasteiger partial charge >= 0.3 is 0 Å². The van der Waals surface area contributed by atoms with Gasteiger partial charge in [0.05, 0.1) is 0 Å². The average Bonchev–Trinajstić information content (AvgIpc) is 2.19. The van der Waals surface area contributed by atoms with E-state index in [0.717, 1.165) is 29.2 Å². The monoisotopic (exact) mass is 211 g/mol. The molecule has 1 heterocycles. The molecule has 0 fully saturated rings. The minimum Gasteiger partial charge on any atom is -0.490 e. The Kier molecular flexibility index (Phi) is 2.66. The fourth-order valence-corrected chi connectivity index (χ4v) is 1.98. The number of nitrogens with two attached hydrogens (primary N) is 1. The molecule has 1 aromatic carbocycles. The number of benzene rings is 1. The number of fused-ring (bicyclic) bond motifs is 1. The molecule has 2 rings (SSSR count). The molecule has 14 heavy (non-hydrogen) atoms. The van der Waals surface area contributed by atoms with Gasteiger partial charge in [0.1, 0.15) is 11.9 Å². The summed E-state index contributed by atoms with van der Waals surface area (Å²) in [6, 6.07) is 5.69. The van der Waals surface area contributed by atoms with Crippen LogP contribution in [0.3, 0.4) is 0 Å². The van der Waals surface area contributed by atoms with Crippen LogP contribution in [0.5, 0.6) is 5.75 Å². The van der Waals surface area contributed by atoms with Gasteiger partial charge in [-0.15, -0.1) is 0 Å². The third-order valence-electron chi connectivity index (χ3n) is 2.64. The summed E-state index contributed by atoms with van der Waals surface area (Å²) >= 11 is 5.90. The number of ether oxygens (including phenoxy) is 1. The Morgan fingerprint density at radius 1 is 1.57 bits per heavy atom. The molecular weight excluding hydrogens is 198 g/mol. The second-order valence-electron chi connectivity index (χ2n) is 3.67. The largest absolute Gasteiger partial charge is 0.490 e. The summed E-state index contributed by atoms with van der Waals surface area (Å²) in [6.45, 7) is 2.11. The standard InChI is InChI=1S/C11H14ClNO/c1-2-8-6-10(13)9-5-7(12)3-4-11(9)14-8/h3-5,8,10H,2,6,13H2,1H3. The van der Waals surface area contributed by atoms with Crippen LogP contribution in [0, 0.1) is 0 Å². The fourth-order valence-electron chi connectivity index (χ4n) is 1.80. The van der Waals surface area contributed by atoms with E-state index >= 15 is 0 Å². The normalized spacial score (nSPS) is 25.4. The second-order valence-corrected chi connectivity index (χ2v) is 4.11. The van der Waals surface area contributed by atoms with Crippen molar-refractivity contribution in [3.8, 4) is 5.75 Å². The molecular formula is C11H14ClNO. The average molecular weight is 212 g/mol. The summed E-state index contributed by atoms with van der Waals surface area (Å²) < 4.78 is 5.77. The van der Waals surface area contributed by atoms with Gasteiger partial charge in [0.2, 0.25) is 0 Å². The van der Waals surface area contributed by atoms with E-state index in [1.165, 1.54) is 0 Å². The molecule has 0 radical (unpaired) electrons. The van der Waals surface area contributed by atoms with Crippen LogP contribution in [-0.4, -0.2) is 6.10 Å². The Hall–Kier alpha value is -0.730. The van der Waals surface area contributed by atoms with Crippen LogP contribution in [0.1, 0.15) is 31.4 Å². The molecule has 1 aromatic rings. The molecule has 2 unspecified atom stereocenters. The van der Waals surface area contributed by atoms with Crippen LogP contribution < -0.4 is 10.5 Å². The fraction of sp³-hybridized carbons (Fsp3) is 0.455. The van der Waals surface area contributed by atoms with E-state index in [-0.39, 0.29) is 12.1 Å². The third-order valence-corrected chi connectivity index (χ3v) is 2.87. The topological polar surface area (TPSA) is 35.2 Å². The molecule has 2 nitrogen and oxygen atoms in total. The van der Waals surface area contributed by atoms with E-state index in [1.54, 1.807) is 0 Å². The second kappa shape index (κ2) is 3.79. The van der Waals surface area contributed by atoms with Gasteiger partial charge in [0, 0.05) is 23.0 Å². The quantitative estimate of drug-likeness (QED) is 0.775. The SMILES string of the molecule is CCC1CC(N)c2cc(Cl)ccc2O1. The highest BCUT2D eigenvalue weighted by atomic mass is 35.5. The zero-order valence-corrected chi connectivity index (χ0v) is 8.92. The van der Waals surface area contributed by atoms with Gasteiger partial charge in [-0.05, 0) is 24.6 Å². The van der Waals surface area contributed by atoms with Gasteiger partial charge in [-0.2, -0.15) is 0 Å². The van der Waals surface area contributed by atoms with Crippen LogP contribution >= 0.6 is 11.6 Å². The van der Waals surface area contributed by atoms with Crippen LogP contribution in [0.4, 0.5) is 0 Å². The number of hydrogen-bond acceptors (Lipinski definition) is 2. The number of rotatable bonds is 1. The lowest BCUT2D eigenvalue weighted by molar-refractivity contribution is 0.155. The summed E-state index contributed by atoms with van der Waals surface area (Å²) in [5.74, 6) is 0.889. The summed E-state index contributed by atoms with van der Waals surface area (Å²) in [5, 5.41) is 0.720. The van der Waals surface area contributed by atoms with Crippen molar-refractivity contribution in [3.05, 3.63) is 28.8 Å². The van der Waals surface area contributed by atoms with Crippen molar-refractivity contribution in [2.45, 2.75) is 31.9 Å². The third kappa shape index (κ3) is 1.72. The van der Waals surface area contributed by atoms with Gasteiger partial charge in [-0.3, -0.25) is 0 Å². The lowest BCUT2D eigenvalue weighted by Gasteiger charge is -2.29. The zero-order valence-electron chi connectivity index (χ0n) is 8.16. The Bertz CT molecular complexity index is 340. The Balaban J connectivity index is 2.35. The van der Waals surface area contributed by atoms with Crippen LogP contribution in [0.25, 0.3) is 0 Å². The van der Waals surface area contributed by atoms with E-state index in [0.29, 0.717) is 0 Å². The molecule has 1 aliphatic rings. The molecule has 0 aliphatic carbocycles. The Morgan fingerprint density at radius 2 is 2.36 bits per heavy atom. The zero-order chi connectivity index (χ0) is 10.1. The van der Waals surface area contributed by atoms with Crippen molar-refractivity contribution in [2.24, 2.45) is 5.73 Å². The van der Waals surface area contributed by atoms with Crippen LogP contribution in [0.15, 0.2) is 18.2 Å². The molecule has 1 aliphatic heterocycles. The molecule has 0 bridgehead atoms. The first kappa shape index (κ1) is 9.81. The van der Waals surface area contributed by atoms with E-state index in [9.17, 15) is 0 Å². The van der Waals surface area contributed by atoms with E-state index in [4.69, 9.17) is 22.1 Å². The summed E-state index contributed by atoms with van der Waals surface area (Å²) in [7, 11) is 0. The van der Waals surface area contributed by atoms with Gasteiger partial charge < -0.3 is 10.5 Å². The van der Waals surface area contributed by atoms with Gasteiger partial charge in [0.15, 0.2) is 0 Å². The summed E-state index contributed by atoms with van der Waals surface area (Å²) in [6.07, 6.45) is 2.12. The highest BCUT2D eigenvalue weighted by Gasteiger charge is 2.24.